The van der Waals surface area contributed by atoms with E-state index in [0.29, 0.717) is 12.0 Å². The van der Waals surface area contributed by atoms with Crippen molar-refractivity contribution in [1.82, 2.24) is 5.32 Å². The number of halogens is 1. The molecule has 1 aromatic carbocycles. The molecule has 0 aromatic heterocycles. The Hall–Kier alpha value is -1.09. The zero-order valence-electron chi connectivity index (χ0n) is 10.6. The second-order valence-electron chi connectivity index (χ2n) is 5.08. The summed E-state index contributed by atoms with van der Waals surface area (Å²) in [6, 6.07) is 7.39. The number of hydrogen-bond donors (Lipinski definition) is 1. The van der Waals surface area contributed by atoms with Gasteiger partial charge in [-0.3, -0.25) is 0 Å². The number of rotatable bonds is 2. The van der Waals surface area contributed by atoms with Crippen LogP contribution in [0.4, 0.5) is 10.1 Å². The van der Waals surface area contributed by atoms with Gasteiger partial charge in [-0.05, 0) is 37.1 Å². The van der Waals surface area contributed by atoms with Crippen molar-refractivity contribution in [2.24, 2.45) is 5.92 Å². The lowest BCUT2D eigenvalue weighted by Gasteiger charge is -2.28. The van der Waals surface area contributed by atoms with Gasteiger partial charge < -0.3 is 10.2 Å². The number of anilines is 1. The van der Waals surface area contributed by atoms with E-state index >= 15 is 0 Å². The predicted molar refractivity (Wildman–Crippen MR) is 69.9 cm³/mol. The smallest absolute Gasteiger partial charge is 0.125 e. The molecule has 1 fully saturated rings. The number of hydrogen-bond acceptors (Lipinski definition) is 2. The first-order chi connectivity index (χ1) is 8.16. The molecule has 1 aliphatic heterocycles. The molecule has 1 unspecified atom stereocenters. The van der Waals surface area contributed by atoms with Gasteiger partial charge in [-0.25, -0.2) is 4.39 Å². The first-order valence-corrected chi connectivity index (χ1v) is 6.40. The Bertz CT molecular complexity index is 365. The standard InChI is InChI=1S/C14H21FN2/c1-11(2)14-10-17(8-4-7-16-14)13-6-3-5-12(15)9-13/h3,5-6,9,11,14,16H,4,7-8,10H2,1-2H3. The van der Waals surface area contributed by atoms with Crippen LogP contribution in [0.2, 0.25) is 0 Å². The molecule has 94 valence electrons. The fourth-order valence-corrected chi connectivity index (χ4v) is 2.30. The monoisotopic (exact) mass is 236 g/mol. The predicted octanol–water partition coefficient (Wildman–Crippen LogP) is 2.65. The fraction of sp³-hybridized carbons (Fsp3) is 0.571. The van der Waals surface area contributed by atoms with Crippen LogP contribution < -0.4 is 10.2 Å². The first kappa shape index (κ1) is 12.4. The normalized spacial score (nSPS) is 21.6. The summed E-state index contributed by atoms with van der Waals surface area (Å²) >= 11 is 0. The molecule has 1 saturated heterocycles. The van der Waals surface area contributed by atoms with E-state index in [9.17, 15) is 4.39 Å². The van der Waals surface area contributed by atoms with Gasteiger partial charge in [0.2, 0.25) is 0 Å². The SMILES string of the molecule is CC(C)C1CN(c2cccc(F)c2)CCCN1. The van der Waals surface area contributed by atoms with Gasteiger partial charge in [0.15, 0.2) is 0 Å². The highest BCUT2D eigenvalue weighted by molar-refractivity contribution is 5.46. The molecule has 0 aliphatic carbocycles. The minimum Gasteiger partial charge on any atom is -0.370 e. The molecule has 17 heavy (non-hydrogen) atoms. The minimum atomic E-state index is -0.152. The first-order valence-electron chi connectivity index (χ1n) is 6.40. The van der Waals surface area contributed by atoms with Crippen molar-refractivity contribution in [3.8, 4) is 0 Å². The molecule has 1 aromatic rings. The van der Waals surface area contributed by atoms with Gasteiger partial charge in [0.25, 0.3) is 0 Å². The van der Waals surface area contributed by atoms with Crippen molar-refractivity contribution in [3.05, 3.63) is 30.1 Å². The topological polar surface area (TPSA) is 15.3 Å². The van der Waals surface area contributed by atoms with E-state index in [1.165, 1.54) is 6.07 Å². The van der Waals surface area contributed by atoms with Crippen molar-refractivity contribution >= 4 is 5.69 Å². The van der Waals surface area contributed by atoms with E-state index in [4.69, 9.17) is 0 Å². The maximum Gasteiger partial charge on any atom is 0.125 e. The summed E-state index contributed by atoms with van der Waals surface area (Å²) < 4.78 is 13.2. The van der Waals surface area contributed by atoms with Crippen molar-refractivity contribution in [1.29, 1.82) is 0 Å². The van der Waals surface area contributed by atoms with E-state index in [1.54, 1.807) is 12.1 Å². The Morgan fingerprint density at radius 3 is 2.94 bits per heavy atom. The Morgan fingerprint density at radius 1 is 1.41 bits per heavy atom. The van der Waals surface area contributed by atoms with Crippen LogP contribution in [0.5, 0.6) is 0 Å². The molecule has 3 heteroatoms. The van der Waals surface area contributed by atoms with E-state index in [1.807, 2.05) is 6.07 Å². The fourth-order valence-electron chi connectivity index (χ4n) is 2.30. The Balaban J connectivity index is 2.13. The van der Waals surface area contributed by atoms with Crippen LogP contribution in [0.15, 0.2) is 24.3 Å². The van der Waals surface area contributed by atoms with Crippen molar-refractivity contribution in [2.75, 3.05) is 24.5 Å². The molecule has 1 aliphatic rings. The van der Waals surface area contributed by atoms with Gasteiger partial charge in [0, 0.05) is 24.8 Å². The van der Waals surface area contributed by atoms with Crippen LogP contribution in [0.3, 0.4) is 0 Å². The second-order valence-corrected chi connectivity index (χ2v) is 5.08. The summed E-state index contributed by atoms with van der Waals surface area (Å²) in [7, 11) is 0. The minimum absolute atomic E-state index is 0.152. The summed E-state index contributed by atoms with van der Waals surface area (Å²) in [6.07, 6.45) is 1.11. The molecule has 0 bridgehead atoms. The molecule has 2 nitrogen and oxygen atoms in total. The molecule has 1 atom stereocenters. The molecule has 0 saturated carbocycles. The summed E-state index contributed by atoms with van der Waals surface area (Å²) in [5.74, 6) is 0.449. The van der Waals surface area contributed by atoms with Gasteiger partial charge >= 0.3 is 0 Å². The Kier molecular flexibility index (Phi) is 4.00. The zero-order chi connectivity index (χ0) is 12.3. The van der Waals surface area contributed by atoms with Crippen molar-refractivity contribution < 1.29 is 4.39 Å². The average Bonchev–Trinajstić information content (AvgIpc) is 2.54. The van der Waals surface area contributed by atoms with Crippen molar-refractivity contribution in [3.63, 3.8) is 0 Å². The van der Waals surface area contributed by atoms with Crippen molar-refractivity contribution in [2.45, 2.75) is 26.3 Å². The maximum absolute atomic E-state index is 13.2. The van der Waals surface area contributed by atoms with E-state index < -0.39 is 0 Å². The highest BCUT2D eigenvalue weighted by Gasteiger charge is 2.20. The van der Waals surface area contributed by atoms with Crippen LogP contribution in [0.1, 0.15) is 20.3 Å². The third-order valence-electron chi connectivity index (χ3n) is 3.41. The van der Waals surface area contributed by atoms with E-state index in [0.717, 1.165) is 31.7 Å². The van der Waals surface area contributed by atoms with Crippen LogP contribution in [-0.2, 0) is 0 Å². The Labute approximate surface area is 103 Å². The summed E-state index contributed by atoms with van der Waals surface area (Å²) in [6.45, 7) is 7.47. The van der Waals surface area contributed by atoms with Crippen LogP contribution in [0, 0.1) is 11.7 Å². The molecule has 0 radical (unpaired) electrons. The molecule has 0 spiro atoms. The number of benzene rings is 1. The van der Waals surface area contributed by atoms with E-state index in [-0.39, 0.29) is 5.82 Å². The third-order valence-corrected chi connectivity index (χ3v) is 3.41. The van der Waals surface area contributed by atoms with Gasteiger partial charge in [0.1, 0.15) is 5.82 Å². The number of nitrogens with one attached hydrogen (secondary N) is 1. The molecular formula is C14H21FN2. The van der Waals surface area contributed by atoms with Crippen LogP contribution in [-0.4, -0.2) is 25.7 Å². The average molecular weight is 236 g/mol. The van der Waals surface area contributed by atoms with Gasteiger partial charge in [-0.1, -0.05) is 19.9 Å². The van der Waals surface area contributed by atoms with Crippen LogP contribution >= 0.6 is 0 Å². The van der Waals surface area contributed by atoms with Crippen LogP contribution in [0.25, 0.3) is 0 Å². The molecule has 2 rings (SSSR count). The van der Waals surface area contributed by atoms with Gasteiger partial charge in [0.05, 0.1) is 0 Å². The molecule has 1 heterocycles. The van der Waals surface area contributed by atoms with E-state index in [2.05, 4.69) is 24.1 Å². The lowest BCUT2D eigenvalue weighted by Crippen LogP contribution is -2.41. The molecule has 0 amide bonds. The van der Waals surface area contributed by atoms with Gasteiger partial charge in [-0.15, -0.1) is 0 Å². The lowest BCUT2D eigenvalue weighted by molar-refractivity contribution is 0.420. The molecular weight excluding hydrogens is 215 g/mol. The third kappa shape index (κ3) is 3.19. The lowest BCUT2D eigenvalue weighted by atomic mass is 10.0. The largest absolute Gasteiger partial charge is 0.370 e. The highest BCUT2D eigenvalue weighted by atomic mass is 19.1. The summed E-state index contributed by atoms with van der Waals surface area (Å²) in [4.78, 5) is 2.29. The Morgan fingerprint density at radius 2 is 2.24 bits per heavy atom. The highest BCUT2D eigenvalue weighted by Crippen LogP contribution is 2.19. The summed E-state index contributed by atoms with van der Waals surface area (Å²) in [5, 5.41) is 3.56. The maximum atomic E-state index is 13.2. The second kappa shape index (κ2) is 5.50. The van der Waals surface area contributed by atoms with Gasteiger partial charge in [-0.2, -0.15) is 0 Å². The summed E-state index contributed by atoms with van der Waals surface area (Å²) in [5.41, 5.74) is 0.999. The quantitative estimate of drug-likeness (QED) is 0.849. The molecule has 1 N–H and O–H groups in total. The number of nitrogens with zero attached hydrogens (tertiary/aromatic N) is 1. The zero-order valence-corrected chi connectivity index (χ0v) is 10.6.